The second-order valence-electron chi connectivity index (χ2n) is 14.6. The maximum atomic E-state index is 6.48. The summed E-state index contributed by atoms with van der Waals surface area (Å²) in [5, 5.41) is 12.5. The van der Waals surface area contributed by atoms with Gasteiger partial charge in [-0.05, 0) is 88.7 Å². The molecule has 12 rings (SSSR count). The Kier molecular flexibility index (Phi) is 7.09. The fraction of sp³-hybridized carbons (Fsp3) is 0.0196. The minimum Gasteiger partial charge on any atom is -0.456 e. The molecule has 8 aromatic carbocycles. The highest BCUT2D eigenvalue weighted by Crippen LogP contribution is 2.41. The molecule has 0 spiro atoms. The first-order valence-corrected chi connectivity index (χ1v) is 20.0. The molecule has 0 aliphatic rings. The molecule has 268 valence electrons. The highest BCUT2D eigenvalue weighted by atomic mass is 32.1. The number of para-hydroxylation sites is 1. The SMILES string of the molecule is c1ccc(-c2nc(-c3ccc(-n4c5ccccc5c5cc6c(cc54)sc4ccccc46)cc3)[n+](Cc3ccc4c(c3)oc3cccc(-c5ccccc5)c34)[n-]2)cc1. The summed E-state index contributed by atoms with van der Waals surface area (Å²) in [7, 11) is 0. The van der Waals surface area contributed by atoms with Crippen LogP contribution in [0, 0.1) is 0 Å². The second-order valence-corrected chi connectivity index (χ2v) is 15.7. The van der Waals surface area contributed by atoms with E-state index >= 15 is 0 Å². The summed E-state index contributed by atoms with van der Waals surface area (Å²) < 4.78 is 13.5. The summed E-state index contributed by atoms with van der Waals surface area (Å²) in [4.78, 5) is 5.16. The number of rotatable bonds is 6. The van der Waals surface area contributed by atoms with Gasteiger partial charge < -0.3 is 14.0 Å². The van der Waals surface area contributed by atoms with Crippen molar-refractivity contribution in [3.8, 4) is 39.6 Å². The van der Waals surface area contributed by atoms with Gasteiger partial charge in [0.05, 0.1) is 11.0 Å². The molecule has 4 aromatic heterocycles. The van der Waals surface area contributed by atoms with Crippen molar-refractivity contribution in [2.24, 2.45) is 0 Å². The van der Waals surface area contributed by atoms with Gasteiger partial charge in [-0.2, -0.15) is 0 Å². The third-order valence-corrected chi connectivity index (χ3v) is 12.4. The lowest BCUT2D eigenvalue weighted by Crippen LogP contribution is -2.40. The molecule has 0 aliphatic heterocycles. The molecule has 0 saturated carbocycles. The maximum Gasteiger partial charge on any atom is 0.136 e. The van der Waals surface area contributed by atoms with E-state index in [0.29, 0.717) is 12.4 Å². The number of benzene rings is 8. The van der Waals surface area contributed by atoms with Crippen molar-refractivity contribution < 1.29 is 9.10 Å². The Balaban J connectivity index is 0.957. The quantitative estimate of drug-likeness (QED) is 0.159. The van der Waals surface area contributed by atoms with E-state index in [4.69, 9.17) is 14.5 Å². The lowest BCUT2D eigenvalue weighted by Gasteiger charge is -2.11. The van der Waals surface area contributed by atoms with Gasteiger partial charge >= 0.3 is 0 Å². The fourth-order valence-electron chi connectivity index (χ4n) is 8.60. The first-order valence-electron chi connectivity index (χ1n) is 19.2. The number of thiophene rings is 1. The fourth-order valence-corrected chi connectivity index (χ4v) is 9.72. The molecule has 0 radical (unpaired) electrons. The van der Waals surface area contributed by atoms with E-state index in [1.54, 1.807) is 0 Å². The van der Waals surface area contributed by atoms with Gasteiger partial charge in [-0.15, -0.1) is 11.3 Å². The summed E-state index contributed by atoms with van der Waals surface area (Å²) in [5.41, 5.74) is 10.6. The van der Waals surface area contributed by atoms with Gasteiger partial charge in [-0.3, -0.25) is 9.78 Å². The van der Waals surface area contributed by atoms with Crippen molar-refractivity contribution in [3.05, 3.63) is 188 Å². The second kappa shape index (κ2) is 12.6. The number of hydrogen-bond acceptors (Lipinski definition) is 3. The zero-order chi connectivity index (χ0) is 37.5. The van der Waals surface area contributed by atoms with Crippen LogP contribution in [-0.4, -0.2) is 9.55 Å². The molecule has 0 amide bonds. The Hall–Kier alpha value is -7.28. The van der Waals surface area contributed by atoms with E-state index in [1.807, 2.05) is 40.3 Å². The van der Waals surface area contributed by atoms with Gasteiger partial charge in [0, 0.05) is 53.0 Å². The molecular weight excluding hydrogens is 717 g/mol. The Morgan fingerprint density at radius 1 is 0.526 bits per heavy atom. The maximum absolute atomic E-state index is 6.48. The van der Waals surface area contributed by atoms with Crippen LogP contribution in [0.4, 0.5) is 0 Å². The van der Waals surface area contributed by atoms with Crippen LogP contribution in [0.15, 0.2) is 186 Å². The summed E-state index contributed by atoms with van der Waals surface area (Å²) in [5.74, 6) is 1.51. The van der Waals surface area contributed by atoms with Crippen LogP contribution in [0.3, 0.4) is 0 Å². The molecule has 6 heteroatoms. The minimum absolute atomic E-state index is 0.535. The van der Waals surface area contributed by atoms with E-state index in [9.17, 15) is 0 Å². The highest BCUT2D eigenvalue weighted by Gasteiger charge is 2.18. The van der Waals surface area contributed by atoms with Crippen molar-refractivity contribution >= 4 is 75.3 Å². The van der Waals surface area contributed by atoms with Crippen LogP contribution in [0.5, 0.6) is 0 Å². The number of furan rings is 1. The van der Waals surface area contributed by atoms with E-state index in [-0.39, 0.29) is 0 Å². The van der Waals surface area contributed by atoms with E-state index in [0.717, 1.165) is 50.1 Å². The monoisotopic (exact) mass is 748 g/mol. The average molecular weight is 749 g/mol. The van der Waals surface area contributed by atoms with Crippen molar-refractivity contribution in [2.75, 3.05) is 0 Å². The van der Waals surface area contributed by atoms with Gasteiger partial charge in [-0.25, -0.2) is 0 Å². The van der Waals surface area contributed by atoms with E-state index in [2.05, 4.69) is 162 Å². The largest absolute Gasteiger partial charge is 0.456 e. The third-order valence-electron chi connectivity index (χ3n) is 11.2. The van der Waals surface area contributed by atoms with Crippen LogP contribution in [0.25, 0.3) is 104 Å². The molecule has 0 bridgehead atoms. The van der Waals surface area contributed by atoms with Gasteiger partial charge in [-0.1, -0.05) is 121 Å². The molecular formula is C51H32N4OS. The molecule has 0 aliphatic carbocycles. The number of hydrogen-bond donors (Lipinski definition) is 0. The number of fused-ring (bicyclic) bond motifs is 9. The lowest BCUT2D eigenvalue weighted by atomic mass is 9.99. The van der Waals surface area contributed by atoms with Crippen molar-refractivity contribution in [1.29, 1.82) is 0 Å². The van der Waals surface area contributed by atoms with E-state index < -0.39 is 0 Å². The Morgan fingerprint density at radius 3 is 2.12 bits per heavy atom. The third kappa shape index (κ3) is 5.15. The average Bonchev–Trinajstić information content (AvgIpc) is 4.04. The normalized spacial score (nSPS) is 11.9. The summed E-state index contributed by atoms with van der Waals surface area (Å²) >= 11 is 1.86. The van der Waals surface area contributed by atoms with Gasteiger partial charge in [0.2, 0.25) is 0 Å². The Morgan fingerprint density at radius 2 is 1.28 bits per heavy atom. The molecule has 5 nitrogen and oxygen atoms in total. The number of nitrogens with zero attached hydrogens (tertiary/aromatic N) is 4. The van der Waals surface area contributed by atoms with Gasteiger partial charge in [0.15, 0.2) is 0 Å². The zero-order valence-electron chi connectivity index (χ0n) is 30.6. The molecule has 57 heavy (non-hydrogen) atoms. The zero-order valence-corrected chi connectivity index (χ0v) is 31.4. The van der Waals surface area contributed by atoms with Crippen LogP contribution >= 0.6 is 11.3 Å². The summed E-state index contributed by atoms with van der Waals surface area (Å²) in [6, 6.07) is 64.5. The first kappa shape index (κ1) is 32.0. The Labute approximate surface area is 331 Å². The predicted octanol–water partition coefficient (Wildman–Crippen LogP) is 12.7. The van der Waals surface area contributed by atoms with Crippen LogP contribution in [0.2, 0.25) is 0 Å². The van der Waals surface area contributed by atoms with Crippen LogP contribution in [-0.2, 0) is 6.54 Å². The molecule has 0 N–H and O–H groups in total. The van der Waals surface area contributed by atoms with E-state index in [1.165, 1.54) is 53.1 Å². The molecule has 4 heterocycles. The first-order chi connectivity index (χ1) is 28.2. The van der Waals surface area contributed by atoms with Crippen molar-refractivity contribution in [1.82, 2.24) is 14.6 Å². The van der Waals surface area contributed by atoms with Crippen molar-refractivity contribution in [2.45, 2.75) is 6.54 Å². The predicted molar refractivity (Wildman–Crippen MR) is 234 cm³/mol. The molecule has 0 atom stereocenters. The minimum atomic E-state index is 0.535. The lowest BCUT2D eigenvalue weighted by molar-refractivity contribution is -0.737. The summed E-state index contributed by atoms with van der Waals surface area (Å²) in [6.07, 6.45) is 0. The molecule has 12 aromatic rings. The summed E-state index contributed by atoms with van der Waals surface area (Å²) in [6.45, 7) is 0.535. The molecule has 0 saturated heterocycles. The van der Waals surface area contributed by atoms with Gasteiger partial charge in [0.25, 0.3) is 0 Å². The number of aromatic nitrogens is 4. The standard InChI is InChI=1S/C51H32N4OS/c1-3-12-33(13-4-1)37-18-11-20-45-49(37)40-27-22-32(28-46(40)56-45)31-54-51(52-50(53-54)34-14-5-2-6-15-34)35-23-25-36(26-24-35)55-43-19-9-7-16-38(43)41-29-42-39-17-8-10-21-47(39)57-48(42)30-44(41)55/h1-30H,31H2. The topological polar surface area (TPSA) is 48.9 Å². The Bertz CT molecular complexity index is 3480. The molecule has 0 fully saturated rings. The highest BCUT2D eigenvalue weighted by molar-refractivity contribution is 7.25. The van der Waals surface area contributed by atoms with Crippen molar-refractivity contribution in [3.63, 3.8) is 0 Å². The molecule has 0 unspecified atom stereocenters. The van der Waals surface area contributed by atoms with Crippen LogP contribution < -0.4 is 9.78 Å². The smallest absolute Gasteiger partial charge is 0.136 e. The van der Waals surface area contributed by atoms with Gasteiger partial charge in [0.1, 0.15) is 23.5 Å². The van der Waals surface area contributed by atoms with Crippen LogP contribution in [0.1, 0.15) is 5.56 Å².